The van der Waals surface area contributed by atoms with Gasteiger partial charge in [-0.3, -0.25) is 14.3 Å². The smallest absolute Gasteiger partial charge is 0.321 e. The van der Waals surface area contributed by atoms with Gasteiger partial charge in [0.25, 0.3) is 5.56 Å². The van der Waals surface area contributed by atoms with E-state index in [1.54, 1.807) is 0 Å². The molecule has 14 heavy (non-hydrogen) atoms. The quantitative estimate of drug-likeness (QED) is 0.684. The number of halogens is 2. The van der Waals surface area contributed by atoms with Crippen molar-refractivity contribution < 1.29 is 8.78 Å². The van der Waals surface area contributed by atoms with E-state index in [2.05, 4.69) is 15.0 Å². The van der Waals surface area contributed by atoms with E-state index in [0.717, 1.165) is 6.33 Å². The molecule has 8 heteroatoms. The predicted molar refractivity (Wildman–Crippen MR) is 43.8 cm³/mol. The number of hydrogen-bond acceptors (Lipinski definition) is 4. The molecule has 0 saturated carbocycles. The van der Waals surface area contributed by atoms with Crippen LogP contribution in [0.2, 0.25) is 0 Å². The first-order valence-corrected chi connectivity index (χ1v) is 3.60. The summed E-state index contributed by atoms with van der Waals surface area (Å²) in [5.74, 6) is -0.218. The van der Waals surface area contributed by atoms with Crippen molar-refractivity contribution in [3.63, 3.8) is 0 Å². The van der Waals surface area contributed by atoms with Crippen molar-refractivity contribution in [1.29, 1.82) is 0 Å². The van der Waals surface area contributed by atoms with Crippen LogP contribution in [0.15, 0.2) is 11.1 Å². The molecule has 0 spiro atoms. The summed E-state index contributed by atoms with van der Waals surface area (Å²) in [6.07, 6.45) is 0.844. The van der Waals surface area contributed by atoms with Crippen LogP contribution in [-0.4, -0.2) is 19.5 Å². The lowest BCUT2D eigenvalue weighted by Gasteiger charge is -2.00. The van der Waals surface area contributed by atoms with Gasteiger partial charge in [-0.15, -0.1) is 0 Å². The van der Waals surface area contributed by atoms with Gasteiger partial charge in [0.15, 0.2) is 11.2 Å². The number of rotatable bonds is 1. The fraction of sp³-hybridized carbons (Fsp3) is 0.167. The number of imidazole rings is 1. The van der Waals surface area contributed by atoms with Gasteiger partial charge in [-0.25, -0.2) is 4.98 Å². The Hall–Kier alpha value is -1.99. The third-order valence-electron chi connectivity index (χ3n) is 1.66. The molecule has 0 aliphatic rings. The SMILES string of the molecule is Nc1nc2c(ncn2C(F)F)c(=O)[nH]1. The molecule has 3 N–H and O–H groups in total. The molecule has 0 aromatic carbocycles. The largest absolute Gasteiger partial charge is 0.369 e. The maximum Gasteiger partial charge on any atom is 0.321 e. The van der Waals surface area contributed by atoms with Gasteiger partial charge in [-0.1, -0.05) is 0 Å². The zero-order chi connectivity index (χ0) is 10.3. The Morgan fingerprint density at radius 1 is 1.57 bits per heavy atom. The minimum atomic E-state index is -2.80. The molecule has 0 atom stereocenters. The lowest BCUT2D eigenvalue weighted by atomic mass is 10.5. The Morgan fingerprint density at radius 2 is 2.29 bits per heavy atom. The fourth-order valence-electron chi connectivity index (χ4n) is 1.09. The molecular formula is C6H5F2N5O. The summed E-state index contributed by atoms with van der Waals surface area (Å²) in [5, 5.41) is 0. The summed E-state index contributed by atoms with van der Waals surface area (Å²) >= 11 is 0. The third kappa shape index (κ3) is 1.11. The van der Waals surface area contributed by atoms with Gasteiger partial charge in [0.2, 0.25) is 5.95 Å². The second-order valence-electron chi connectivity index (χ2n) is 2.55. The molecule has 0 aliphatic carbocycles. The molecule has 0 unspecified atom stereocenters. The molecule has 0 radical (unpaired) electrons. The molecule has 6 nitrogen and oxygen atoms in total. The van der Waals surface area contributed by atoms with Crippen molar-refractivity contribution >= 4 is 17.1 Å². The first-order valence-electron chi connectivity index (χ1n) is 3.60. The van der Waals surface area contributed by atoms with E-state index in [1.807, 2.05) is 0 Å². The van der Waals surface area contributed by atoms with Crippen LogP contribution < -0.4 is 11.3 Å². The molecule has 2 rings (SSSR count). The lowest BCUT2D eigenvalue weighted by Crippen LogP contribution is -2.12. The Balaban J connectivity index is 2.85. The Morgan fingerprint density at radius 3 is 2.93 bits per heavy atom. The molecule has 0 amide bonds. The molecule has 0 fully saturated rings. The van der Waals surface area contributed by atoms with Crippen LogP contribution in [0, 0.1) is 0 Å². The van der Waals surface area contributed by atoms with Gasteiger partial charge >= 0.3 is 6.55 Å². The maximum absolute atomic E-state index is 12.3. The van der Waals surface area contributed by atoms with E-state index < -0.39 is 12.1 Å². The number of hydrogen-bond donors (Lipinski definition) is 2. The summed E-state index contributed by atoms with van der Waals surface area (Å²) < 4.78 is 25.1. The normalized spacial score (nSPS) is 11.4. The topological polar surface area (TPSA) is 89.6 Å². The van der Waals surface area contributed by atoms with Crippen LogP contribution in [0.5, 0.6) is 0 Å². The number of alkyl halides is 2. The number of nitrogen functional groups attached to an aromatic ring is 1. The van der Waals surface area contributed by atoms with Crippen LogP contribution in [0.1, 0.15) is 6.55 Å². The number of anilines is 1. The molecular weight excluding hydrogens is 196 g/mol. The molecule has 2 aromatic heterocycles. The van der Waals surface area contributed by atoms with E-state index in [9.17, 15) is 13.6 Å². The van der Waals surface area contributed by atoms with Crippen LogP contribution in [0.25, 0.3) is 11.2 Å². The van der Waals surface area contributed by atoms with Crippen molar-refractivity contribution in [3.8, 4) is 0 Å². The van der Waals surface area contributed by atoms with E-state index >= 15 is 0 Å². The Bertz CT molecular complexity index is 530. The number of aromatic nitrogens is 4. The predicted octanol–water partition coefficient (Wildman–Crippen LogP) is 0.0969. The van der Waals surface area contributed by atoms with Gasteiger partial charge in [0.05, 0.1) is 0 Å². The summed E-state index contributed by atoms with van der Waals surface area (Å²) in [4.78, 5) is 20.4. The molecule has 0 saturated heterocycles. The first-order chi connectivity index (χ1) is 6.59. The number of nitrogens with one attached hydrogen (secondary N) is 1. The number of H-pyrrole nitrogens is 1. The van der Waals surface area contributed by atoms with E-state index in [1.165, 1.54) is 0 Å². The van der Waals surface area contributed by atoms with Crippen molar-refractivity contribution in [1.82, 2.24) is 19.5 Å². The van der Waals surface area contributed by atoms with Gasteiger partial charge in [0.1, 0.15) is 6.33 Å². The van der Waals surface area contributed by atoms with E-state index in [4.69, 9.17) is 5.73 Å². The van der Waals surface area contributed by atoms with Crippen molar-refractivity contribution in [2.24, 2.45) is 0 Å². The second-order valence-corrected chi connectivity index (χ2v) is 2.55. The van der Waals surface area contributed by atoms with Gasteiger partial charge in [-0.05, 0) is 0 Å². The highest BCUT2D eigenvalue weighted by Crippen LogP contribution is 2.15. The lowest BCUT2D eigenvalue weighted by molar-refractivity contribution is 0.0740. The zero-order valence-corrected chi connectivity index (χ0v) is 6.74. The van der Waals surface area contributed by atoms with Crippen molar-refractivity contribution in [3.05, 3.63) is 16.7 Å². The van der Waals surface area contributed by atoms with Gasteiger partial charge in [0, 0.05) is 0 Å². The first kappa shape index (κ1) is 8.60. The van der Waals surface area contributed by atoms with Crippen LogP contribution in [0.3, 0.4) is 0 Å². The van der Waals surface area contributed by atoms with Gasteiger partial charge in [-0.2, -0.15) is 13.8 Å². The number of aromatic amines is 1. The number of nitrogens with zero attached hydrogens (tertiary/aromatic N) is 3. The standard InChI is InChI=1S/C6H5F2N5O/c7-5(8)13-1-10-2-3(13)11-6(9)12-4(2)14/h1,5H,(H3,9,11,12,14). The zero-order valence-electron chi connectivity index (χ0n) is 6.74. The van der Waals surface area contributed by atoms with Crippen molar-refractivity contribution in [2.75, 3.05) is 5.73 Å². The summed E-state index contributed by atoms with van der Waals surface area (Å²) in [6.45, 7) is -2.80. The molecule has 2 aromatic rings. The van der Waals surface area contributed by atoms with E-state index in [-0.39, 0.29) is 17.1 Å². The fourth-order valence-corrected chi connectivity index (χ4v) is 1.09. The maximum atomic E-state index is 12.3. The molecule has 0 bridgehead atoms. The third-order valence-corrected chi connectivity index (χ3v) is 1.66. The average Bonchev–Trinajstić information content (AvgIpc) is 2.47. The highest BCUT2D eigenvalue weighted by molar-refractivity contribution is 5.70. The Kier molecular flexibility index (Phi) is 1.69. The van der Waals surface area contributed by atoms with Crippen LogP contribution in [0.4, 0.5) is 14.7 Å². The second kappa shape index (κ2) is 2.76. The summed E-state index contributed by atoms with van der Waals surface area (Å²) in [5.41, 5.74) is 4.19. The minimum absolute atomic E-state index is 0.153. The monoisotopic (exact) mass is 201 g/mol. The number of nitrogens with two attached hydrogens (primary N) is 1. The summed E-state index contributed by atoms with van der Waals surface area (Å²) in [7, 11) is 0. The minimum Gasteiger partial charge on any atom is -0.369 e. The highest BCUT2D eigenvalue weighted by Gasteiger charge is 2.14. The van der Waals surface area contributed by atoms with Crippen LogP contribution >= 0.6 is 0 Å². The molecule has 74 valence electrons. The van der Waals surface area contributed by atoms with Crippen LogP contribution in [-0.2, 0) is 0 Å². The average molecular weight is 201 g/mol. The molecule has 2 heterocycles. The molecule has 0 aliphatic heterocycles. The summed E-state index contributed by atoms with van der Waals surface area (Å²) in [6, 6.07) is 0. The van der Waals surface area contributed by atoms with Crippen molar-refractivity contribution in [2.45, 2.75) is 6.55 Å². The Labute approximate surface area is 75.4 Å². The van der Waals surface area contributed by atoms with Gasteiger partial charge < -0.3 is 5.73 Å². The number of fused-ring (bicyclic) bond motifs is 1. The highest BCUT2D eigenvalue weighted by atomic mass is 19.3. The van der Waals surface area contributed by atoms with E-state index in [0.29, 0.717) is 4.57 Å².